The molecule has 0 atom stereocenters. The molecule has 21 heavy (non-hydrogen) atoms. The summed E-state index contributed by atoms with van der Waals surface area (Å²) in [5.74, 6) is -1.08. The lowest BCUT2D eigenvalue weighted by Gasteiger charge is -2.06. The van der Waals surface area contributed by atoms with E-state index in [-0.39, 0.29) is 11.5 Å². The number of hydrogen-bond donors (Lipinski definition) is 3. The Balaban J connectivity index is 1.95. The van der Waals surface area contributed by atoms with Gasteiger partial charge in [0.2, 0.25) is 0 Å². The molecule has 1 aromatic heterocycles. The van der Waals surface area contributed by atoms with Gasteiger partial charge in [-0.3, -0.25) is 25.2 Å². The molecule has 0 radical (unpaired) electrons. The van der Waals surface area contributed by atoms with Crippen LogP contribution in [0.4, 0.5) is 0 Å². The molecule has 0 aliphatic rings. The fourth-order valence-electron chi connectivity index (χ4n) is 1.69. The number of aryl methyl sites for hydroxylation is 1. The number of amides is 2. The van der Waals surface area contributed by atoms with Crippen LogP contribution in [0.25, 0.3) is 0 Å². The summed E-state index contributed by atoms with van der Waals surface area (Å²) in [6.07, 6.45) is 1.44. The molecular formula is C15H15N3O3. The maximum absolute atomic E-state index is 11.8. The van der Waals surface area contributed by atoms with E-state index in [9.17, 15) is 14.4 Å². The van der Waals surface area contributed by atoms with E-state index in [2.05, 4.69) is 15.8 Å². The second-order valence-corrected chi connectivity index (χ2v) is 4.63. The van der Waals surface area contributed by atoms with Crippen molar-refractivity contribution in [2.45, 2.75) is 13.8 Å². The summed E-state index contributed by atoms with van der Waals surface area (Å²) in [4.78, 5) is 37.4. The highest BCUT2D eigenvalue weighted by Crippen LogP contribution is 2.04. The number of Topliss-reactive ketones (excluding diaryl/α,β-unsaturated/α-hetero) is 1. The van der Waals surface area contributed by atoms with E-state index in [4.69, 9.17) is 0 Å². The molecule has 0 aliphatic heterocycles. The van der Waals surface area contributed by atoms with E-state index in [0.717, 1.165) is 5.56 Å². The van der Waals surface area contributed by atoms with Crippen LogP contribution < -0.4 is 10.9 Å². The minimum Gasteiger partial charge on any atom is -0.356 e. The zero-order chi connectivity index (χ0) is 15.4. The third-order valence-electron chi connectivity index (χ3n) is 2.94. The molecule has 108 valence electrons. The number of nitrogens with one attached hydrogen (secondary N) is 3. The van der Waals surface area contributed by atoms with Crippen molar-refractivity contribution >= 4 is 17.6 Å². The summed E-state index contributed by atoms with van der Waals surface area (Å²) < 4.78 is 0. The van der Waals surface area contributed by atoms with E-state index in [1.54, 1.807) is 24.3 Å². The number of carbonyl (C=O) groups excluding carboxylic acids is 3. The van der Waals surface area contributed by atoms with Crippen molar-refractivity contribution in [2.24, 2.45) is 0 Å². The zero-order valence-corrected chi connectivity index (χ0v) is 11.7. The van der Waals surface area contributed by atoms with E-state index >= 15 is 0 Å². The second kappa shape index (κ2) is 6.04. The third kappa shape index (κ3) is 3.56. The molecule has 0 saturated carbocycles. The number of ketones is 1. The van der Waals surface area contributed by atoms with Gasteiger partial charge in [0.1, 0.15) is 5.69 Å². The van der Waals surface area contributed by atoms with Gasteiger partial charge >= 0.3 is 0 Å². The molecule has 3 N–H and O–H groups in total. The lowest BCUT2D eigenvalue weighted by molar-refractivity contribution is 0.0844. The van der Waals surface area contributed by atoms with Crippen molar-refractivity contribution < 1.29 is 14.4 Å². The van der Waals surface area contributed by atoms with Crippen LogP contribution in [0.1, 0.15) is 43.7 Å². The number of hydrazine groups is 1. The van der Waals surface area contributed by atoms with Gasteiger partial charge in [-0.1, -0.05) is 17.7 Å². The van der Waals surface area contributed by atoms with Crippen LogP contribution in [0.2, 0.25) is 0 Å². The van der Waals surface area contributed by atoms with Gasteiger partial charge in [-0.2, -0.15) is 0 Å². The number of aromatic amines is 1. The highest BCUT2D eigenvalue weighted by Gasteiger charge is 2.12. The van der Waals surface area contributed by atoms with Crippen molar-refractivity contribution in [3.8, 4) is 0 Å². The lowest BCUT2D eigenvalue weighted by Crippen LogP contribution is -2.41. The van der Waals surface area contributed by atoms with Crippen molar-refractivity contribution in [2.75, 3.05) is 0 Å². The molecule has 0 aliphatic carbocycles. The molecule has 0 bridgehead atoms. The standard InChI is InChI=1S/C15H15N3O3/c1-9-3-5-11(6-4-9)14(20)17-18-15(21)13-7-12(8-16-13)10(2)19/h3-8,16H,1-2H3,(H,17,20)(H,18,21). The molecule has 6 nitrogen and oxygen atoms in total. The number of hydrogen-bond acceptors (Lipinski definition) is 3. The molecule has 2 rings (SSSR count). The van der Waals surface area contributed by atoms with Crippen LogP contribution in [0.5, 0.6) is 0 Å². The van der Waals surface area contributed by atoms with Gasteiger partial charge in [0.05, 0.1) is 0 Å². The first-order valence-electron chi connectivity index (χ1n) is 6.34. The van der Waals surface area contributed by atoms with Crippen molar-refractivity contribution in [3.63, 3.8) is 0 Å². The Bertz CT molecular complexity index is 686. The van der Waals surface area contributed by atoms with Crippen molar-refractivity contribution in [1.29, 1.82) is 0 Å². The summed E-state index contributed by atoms with van der Waals surface area (Å²) in [7, 11) is 0. The number of rotatable bonds is 3. The van der Waals surface area contributed by atoms with E-state index in [1.165, 1.54) is 19.2 Å². The van der Waals surface area contributed by atoms with Gasteiger partial charge in [-0.15, -0.1) is 0 Å². The van der Waals surface area contributed by atoms with Crippen LogP contribution >= 0.6 is 0 Å². The zero-order valence-electron chi connectivity index (χ0n) is 11.7. The predicted octanol–water partition coefficient (Wildman–Crippen LogP) is 1.60. The van der Waals surface area contributed by atoms with Crippen LogP contribution in [0, 0.1) is 6.92 Å². The first kappa shape index (κ1) is 14.5. The molecule has 0 spiro atoms. The first-order valence-corrected chi connectivity index (χ1v) is 6.34. The Morgan fingerprint density at radius 2 is 1.57 bits per heavy atom. The number of H-pyrrole nitrogens is 1. The summed E-state index contributed by atoms with van der Waals surface area (Å²) in [5.41, 5.74) is 6.68. The first-order chi connectivity index (χ1) is 9.97. The monoisotopic (exact) mass is 285 g/mol. The Morgan fingerprint density at radius 1 is 0.952 bits per heavy atom. The summed E-state index contributed by atoms with van der Waals surface area (Å²) >= 11 is 0. The van der Waals surface area contributed by atoms with Crippen LogP contribution in [-0.4, -0.2) is 22.6 Å². The molecule has 1 heterocycles. The lowest BCUT2D eigenvalue weighted by atomic mass is 10.1. The fourth-order valence-corrected chi connectivity index (χ4v) is 1.69. The van der Waals surface area contributed by atoms with Crippen molar-refractivity contribution in [3.05, 3.63) is 58.9 Å². The van der Waals surface area contributed by atoms with Crippen molar-refractivity contribution in [1.82, 2.24) is 15.8 Å². The van der Waals surface area contributed by atoms with Crippen LogP contribution in [-0.2, 0) is 0 Å². The molecular weight excluding hydrogens is 270 g/mol. The number of carbonyl (C=O) groups is 3. The minimum atomic E-state index is -0.525. The SMILES string of the molecule is CC(=O)c1c[nH]c(C(=O)NNC(=O)c2ccc(C)cc2)c1. The predicted molar refractivity (Wildman–Crippen MR) is 76.9 cm³/mol. The van der Waals surface area contributed by atoms with Gasteiger partial charge < -0.3 is 4.98 Å². The number of aromatic nitrogens is 1. The second-order valence-electron chi connectivity index (χ2n) is 4.63. The molecule has 6 heteroatoms. The Morgan fingerprint density at radius 3 is 2.14 bits per heavy atom. The summed E-state index contributed by atoms with van der Waals surface area (Å²) in [6, 6.07) is 8.37. The van der Waals surface area contributed by atoms with Gasteiger partial charge in [-0.25, -0.2) is 0 Å². The maximum atomic E-state index is 11.8. The molecule has 0 unspecified atom stereocenters. The smallest absolute Gasteiger partial charge is 0.286 e. The highest BCUT2D eigenvalue weighted by molar-refractivity contribution is 6.00. The summed E-state index contributed by atoms with van der Waals surface area (Å²) in [5, 5.41) is 0. The van der Waals surface area contributed by atoms with E-state index in [0.29, 0.717) is 11.1 Å². The minimum absolute atomic E-state index is 0.144. The average molecular weight is 285 g/mol. The van der Waals surface area contributed by atoms with E-state index < -0.39 is 11.8 Å². The Kier molecular flexibility index (Phi) is 4.18. The normalized spacial score (nSPS) is 10.0. The van der Waals surface area contributed by atoms with Crippen LogP contribution in [0.3, 0.4) is 0 Å². The fraction of sp³-hybridized carbons (Fsp3) is 0.133. The maximum Gasteiger partial charge on any atom is 0.286 e. The Hall–Kier alpha value is -2.89. The molecule has 0 saturated heterocycles. The van der Waals surface area contributed by atoms with Gasteiger partial charge in [0, 0.05) is 17.3 Å². The largest absolute Gasteiger partial charge is 0.356 e. The highest BCUT2D eigenvalue weighted by atomic mass is 16.2. The summed E-state index contributed by atoms with van der Waals surface area (Å²) in [6.45, 7) is 3.32. The quantitative estimate of drug-likeness (QED) is 0.591. The topological polar surface area (TPSA) is 91.1 Å². The van der Waals surface area contributed by atoms with E-state index in [1.807, 2.05) is 6.92 Å². The molecule has 2 amide bonds. The average Bonchev–Trinajstić information content (AvgIpc) is 2.95. The van der Waals surface area contributed by atoms with Crippen LogP contribution in [0.15, 0.2) is 36.5 Å². The van der Waals surface area contributed by atoms with Gasteiger partial charge in [0.25, 0.3) is 11.8 Å². The van der Waals surface area contributed by atoms with Gasteiger partial charge in [0.15, 0.2) is 5.78 Å². The molecule has 0 fully saturated rings. The molecule has 1 aromatic carbocycles. The molecule has 2 aromatic rings. The van der Waals surface area contributed by atoms with Gasteiger partial charge in [-0.05, 0) is 32.0 Å². The Labute approximate surface area is 121 Å². The third-order valence-corrected chi connectivity index (χ3v) is 2.94. The number of benzene rings is 1.